The van der Waals surface area contributed by atoms with Crippen molar-refractivity contribution in [2.75, 3.05) is 26.3 Å². The van der Waals surface area contributed by atoms with Crippen molar-refractivity contribution in [1.29, 1.82) is 0 Å². The zero-order valence-electron chi connectivity index (χ0n) is 8.83. The summed E-state index contributed by atoms with van der Waals surface area (Å²) in [6.45, 7) is 2.36. The minimum absolute atomic E-state index is 0.0483. The molecular weight excluding hydrogens is 210 g/mol. The number of aromatic nitrogens is 2. The van der Waals surface area contributed by atoms with E-state index in [1.165, 1.54) is 23.2 Å². The Bertz CT molecular complexity index is 423. The number of hydrogen-bond acceptors (Lipinski definition) is 4. The Balaban J connectivity index is 2.01. The summed E-state index contributed by atoms with van der Waals surface area (Å²) in [5, 5.41) is 0. The molecule has 6 nitrogen and oxygen atoms in total. The molecule has 1 aromatic rings. The summed E-state index contributed by atoms with van der Waals surface area (Å²) in [5.41, 5.74) is -0.211. The van der Waals surface area contributed by atoms with Crippen molar-refractivity contribution in [3.63, 3.8) is 0 Å². The topological polar surface area (TPSA) is 64.4 Å². The second kappa shape index (κ2) is 4.89. The molecule has 6 heteroatoms. The lowest BCUT2D eigenvalue weighted by Crippen LogP contribution is -2.43. The van der Waals surface area contributed by atoms with Gasteiger partial charge in [0.2, 0.25) is 5.91 Å². The van der Waals surface area contributed by atoms with Gasteiger partial charge < -0.3 is 9.64 Å². The Morgan fingerprint density at radius 2 is 2.19 bits per heavy atom. The van der Waals surface area contributed by atoms with E-state index in [-0.39, 0.29) is 18.0 Å². The van der Waals surface area contributed by atoms with Crippen LogP contribution in [0.2, 0.25) is 0 Å². The smallest absolute Gasteiger partial charge is 0.253 e. The SMILES string of the molecule is O=C(Cn1cnccc1=O)N1CCOCC1. The van der Waals surface area contributed by atoms with Crippen molar-refractivity contribution in [3.8, 4) is 0 Å². The van der Waals surface area contributed by atoms with Gasteiger partial charge in [-0.1, -0.05) is 0 Å². The molecule has 1 fully saturated rings. The molecule has 1 saturated heterocycles. The van der Waals surface area contributed by atoms with Crippen LogP contribution in [0, 0.1) is 0 Å². The first-order valence-corrected chi connectivity index (χ1v) is 5.13. The third-order valence-corrected chi connectivity index (χ3v) is 2.46. The van der Waals surface area contributed by atoms with Gasteiger partial charge in [-0.25, -0.2) is 4.98 Å². The predicted octanol–water partition coefficient (Wildman–Crippen LogP) is -0.898. The van der Waals surface area contributed by atoms with E-state index in [1.807, 2.05) is 0 Å². The first-order chi connectivity index (χ1) is 7.77. The fourth-order valence-electron chi connectivity index (χ4n) is 1.56. The summed E-state index contributed by atoms with van der Waals surface area (Å²) in [4.78, 5) is 28.7. The van der Waals surface area contributed by atoms with Crippen LogP contribution < -0.4 is 5.56 Å². The average Bonchev–Trinajstić information content (AvgIpc) is 2.33. The average molecular weight is 223 g/mol. The minimum atomic E-state index is -0.211. The van der Waals surface area contributed by atoms with Crippen LogP contribution in [0.4, 0.5) is 0 Å². The summed E-state index contributed by atoms with van der Waals surface area (Å²) in [6, 6.07) is 1.34. The van der Waals surface area contributed by atoms with E-state index in [2.05, 4.69) is 4.98 Å². The summed E-state index contributed by atoms with van der Waals surface area (Å²) in [5.74, 6) is -0.0709. The number of morpholine rings is 1. The van der Waals surface area contributed by atoms with Crippen LogP contribution >= 0.6 is 0 Å². The van der Waals surface area contributed by atoms with Crippen LogP contribution in [-0.4, -0.2) is 46.7 Å². The first kappa shape index (κ1) is 10.8. The molecule has 2 rings (SSSR count). The van der Waals surface area contributed by atoms with Crippen molar-refractivity contribution in [2.45, 2.75) is 6.54 Å². The van der Waals surface area contributed by atoms with Gasteiger partial charge in [0.1, 0.15) is 6.54 Å². The van der Waals surface area contributed by atoms with Gasteiger partial charge in [-0.3, -0.25) is 14.2 Å². The van der Waals surface area contributed by atoms with E-state index in [1.54, 1.807) is 4.90 Å². The fourth-order valence-corrected chi connectivity index (χ4v) is 1.56. The zero-order chi connectivity index (χ0) is 11.4. The largest absolute Gasteiger partial charge is 0.378 e. The minimum Gasteiger partial charge on any atom is -0.378 e. The van der Waals surface area contributed by atoms with Crippen LogP contribution in [-0.2, 0) is 16.1 Å². The molecule has 0 spiro atoms. The zero-order valence-corrected chi connectivity index (χ0v) is 8.83. The molecule has 0 radical (unpaired) electrons. The number of ether oxygens (including phenoxy) is 1. The Kier molecular flexibility index (Phi) is 3.31. The van der Waals surface area contributed by atoms with Crippen molar-refractivity contribution in [3.05, 3.63) is 28.9 Å². The number of carbonyl (C=O) groups is 1. The molecule has 0 atom stereocenters. The molecule has 0 aliphatic carbocycles. The standard InChI is InChI=1S/C10H13N3O3/c14-9-1-2-11-8-13(9)7-10(15)12-3-5-16-6-4-12/h1-2,8H,3-7H2. The Morgan fingerprint density at radius 3 is 2.88 bits per heavy atom. The highest BCUT2D eigenvalue weighted by molar-refractivity contribution is 5.76. The molecule has 86 valence electrons. The van der Waals surface area contributed by atoms with Gasteiger partial charge >= 0.3 is 0 Å². The number of rotatable bonds is 2. The third kappa shape index (κ3) is 2.46. The van der Waals surface area contributed by atoms with E-state index in [0.29, 0.717) is 26.3 Å². The third-order valence-electron chi connectivity index (χ3n) is 2.46. The maximum Gasteiger partial charge on any atom is 0.253 e. The molecule has 1 aliphatic heterocycles. The van der Waals surface area contributed by atoms with Crippen molar-refractivity contribution in [2.24, 2.45) is 0 Å². The Labute approximate surface area is 92.5 Å². The molecule has 0 bridgehead atoms. The van der Waals surface area contributed by atoms with Crippen LogP contribution in [0.3, 0.4) is 0 Å². The van der Waals surface area contributed by atoms with E-state index in [0.717, 1.165) is 0 Å². The summed E-state index contributed by atoms with van der Waals surface area (Å²) < 4.78 is 6.45. The van der Waals surface area contributed by atoms with Gasteiger partial charge in [-0.15, -0.1) is 0 Å². The quantitative estimate of drug-likeness (QED) is 0.652. The lowest BCUT2D eigenvalue weighted by atomic mass is 10.4. The molecule has 0 N–H and O–H groups in total. The first-order valence-electron chi connectivity index (χ1n) is 5.13. The number of carbonyl (C=O) groups excluding carboxylic acids is 1. The maximum atomic E-state index is 11.8. The Hall–Kier alpha value is -1.69. The fraction of sp³-hybridized carbons (Fsp3) is 0.500. The van der Waals surface area contributed by atoms with Crippen LogP contribution in [0.1, 0.15) is 0 Å². The van der Waals surface area contributed by atoms with E-state index in [4.69, 9.17) is 4.74 Å². The number of nitrogens with zero attached hydrogens (tertiary/aromatic N) is 3. The van der Waals surface area contributed by atoms with Crippen LogP contribution in [0.5, 0.6) is 0 Å². The lowest BCUT2D eigenvalue weighted by molar-refractivity contribution is -0.135. The number of hydrogen-bond donors (Lipinski definition) is 0. The molecule has 1 aromatic heterocycles. The van der Waals surface area contributed by atoms with Gasteiger partial charge in [0.05, 0.1) is 19.5 Å². The van der Waals surface area contributed by atoms with Crippen molar-refractivity contribution in [1.82, 2.24) is 14.5 Å². The monoisotopic (exact) mass is 223 g/mol. The number of amides is 1. The van der Waals surface area contributed by atoms with E-state index in [9.17, 15) is 9.59 Å². The van der Waals surface area contributed by atoms with Crippen molar-refractivity contribution < 1.29 is 9.53 Å². The molecular formula is C10H13N3O3. The molecule has 1 aliphatic rings. The summed E-state index contributed by atoms with van der Waals surface area (Å²) in [7, 11) is 0. The van der Waals surface area contributed by atoms with Gasteiger partial charge in [-0.05, 0) is 0 Å². The predicted molar refractivity (Wildman–Crippen MR) is 55.9 cm³/mol. The molecule has 0 saturated carbocycles. The van der Waals surface area contributed by atoms with Crippen LogP contribution in [0.15, 0.2) is 23.4 Å². The Morgan fingerprint density at radius 1 is 1.44 bits per heavy atom. The normalized spacial score (nSPS) is 16.1. The van der Waals surface area contributed by atoms with Gasteiger partial charge in [0.25, 0.3) is 5.56 Å². The van der Waals surface area contributed by atoms with Crippen molar-refractivity contribution >= 4 is 5.91 Å². The maximum absolute atomic E-state index is 11.8. The molecule has 0 aromatic carbocycles. The molecule has 0 unspecified atom stereocenters. The lowest BCUT2D eigenvalue weighted by Gasteiger charge is -2.26. The molecule has 2 heterocycles. The van der Waals surface area contributed by atoms with Gasteiger partial charge in [-0.2, -0.15) is 0 Å². The van der Waals surface area contributed by atoms with Crippen LogP contribution in [0.25, 0.3) is 0 Å². The second-order valence-electron chi connectivity index (χ2n) is 3.54. The van der Waals surface area contributed by atoms with E-state index >= 15 is 0 Å². The summed E-state index contributed by atoms with van der Waals surface area (Å²) in [6.07, 6.45) is 2.79. The van der Waals surface area contributed by atoms with Gasteiger partial charge in [0.15, 0.2) is 0 Å². The molecule has 1 amide bonds. The molecule has 16 heavy (non-hydrogen) atoms. The highest BCUT2D eigenvalue weighted by Crippen LogP contribution is 1.98. The van der Waals surface area contributed by atoms with Gasteiger partial charge in [0, 0.05) is 25.4 Å². The highest BCUT2D eigenvalue weighted by Gasteiger charge is 2.17. The highest BCUT2D eigenvalue weighted by atomic mass is 16.5. The second-order valence-corrected chi connectivity index (χ2v) is 3.54. The van der Waals surface area contributed by atoms with E-state index < -0.39 is 0 Å². The summed E-state index contributed by atoms with van der Waals surface area (Å²) >= 11 is 0.